The summed E-state index contributed by atoms with van der Waals surface area (Å²) in [4.78, 5) is 1.57. The lowest BCUT2D eigenvalue weighted by Crippen LogP contribution is -2.15. The van der Waals surface area contributed by atoms with Crippen LogP contribution in [0.4, 0.5) is 0 Å². The van der Waals surface area contributed by atoms with Gasteiger partial charge in [-0.2, -0.15) is 4.80 Å². The summed E-state index contributed by atoms with van der Waals surface area (Å²) in [6.07, 6.45) is 1.90. The standard InChI is InChI=1S/C14H17ClN4O2/c1-20-12-2-3-13(15)11(8-12)9-19-17-14(16-18-19)10-4-6-21-7-5-10/h2-3,8,10H,4-7,9H2,1H3. The summed E-state index contributed by atoms with van der Waals surface area (Å²) in [6.45, 7) is 2.01. The number of hydrogen-bond acceptors (Lipinski definition) is 5. The van der Waals surface area contributed by atoms with E-state index in [1.54, 1.807) is 11.9 Å². The topological polar surface area (TPSA) is 62.1 Å². The number of methoxy groups -OCH3 is 1. The van der Waals surface area contributed by atoms with Crippen LogP contribution in [-0.4, -0.2) is 40.5 Å². The van der Waals surface area contributed by atoms with E-state index < -0.39 is 0 Å². The van der Waals surface area contributed by atoms with Gasteiger partial charge in [0.2, 0.25) is 0 Å². The molecule has 0 bridgehead atoms. The van der Waals surface area contributed by atoms with Gasteiger partial charge < -0.3 is 9.47 Å². The van der Waals surface area contributed by atoms with Crippen molar-refractivity contribution in [2.45, 2.75) is 25.3 Å². The predicted octanol–water partition coefficient (Wildman–Crippen LogP) is 2.28. The Morgan fingerprint density at radius 2 is 2.19 bits per heavy atom. The highest BCUT2D eigenvalue weighted by Crippen LogP contribution is 2.24. The Kier molecular flexibility index (Phi) is 4.36. The molecule has 112 valence electrons. The summed E-state index contributed by atoms with van der Waals surface area (Å²) in [5.74, 6) is 1.89. The summed E-state index contributed by atoms with van der Waals surface area (Å²) >= 11 is 6.20. The fourth-order valence-electron chi connectivity index (χ4n) is 2.39. The van der Waals surface area contributed by atoms with Crippen molar-refractivity contribution in [3.8, 4) is 5.75 Å². The molecule has 1 saturated heterocycles. The average molecular weight is 309 g/mol. The molecule has 0 radical (unpaired) electrons. The molecule has 0 unspecified atom stereocenters. The van der Waals surface area contributed by atoms with Crippen LogP contribution in [0.2, 0.25) is 5.02 Å². The van der Waals surface area contributed by atoms with Crippen LogP contribution in [0, 0.1) is 0 Å². The zero-order chi connectivity index (χ0) is 14.7. The second-order valence-corrected chi connectivity index (χ2v) is 5.43. The number of ether oxygens (including phenoxy) is 2. The molecular weight excluding hydrogens is 292 g/mol. The van der Waals surface area contributed by atoms with Gasteiger partial charge in [-0.25, -0.2) is 0 Å². The number of tetrazole rings is 1. The molecule has 7 heteroatoms. The summed E-state index contributed by atoms with van der Waals surface area (Å²) < 4.78 is 10.6. The summed E-state index contributed by atoms with van der Waals surface area (Å²) in [5, 5.41) is 13.4. The van der Waals surface area contributed by atoms with Crippen LogP contribution in [0.15, 0.2) is 18.2 Å². The zero-order valence-corrected chi connectivity index (χ0v) is 12.6. The van der Waals surface area contributed by atoms with E-state index >= 15 is 0 Å². The first kappa shape index (κ1) is 14.3. The van der Waals surface area contributed by atoms with Crippen molar-refractivity contribution in [3.63, 3.8) is 0 Å². The molecule has 0 spiro atoms. The van der Waals surface area contributed by atoms with Crippen molar-refractivity contribution >= 4 is 11.6 Å². The summed E-state index contributed by atoms with van der Waals surface area (Å²) in [7, 11) is 1.63. The SMILES string of the molecule is COc1ccc(Cl)c(Cn2nnc(C3CCOCC3)n2)c1. The monoisotopic (exact) mass is 308 g/mol. The van der Waals surface area contributed by atoms with E-state index in [-0.39, 0.29) is 0 Å². The molecule has 0 aliphatic carbocycles. The van der Waals surface area contributed by atoms with Gasteiger partial charge in [-0.05, 0) is 41.8 Å². The fraction of sp³-hybridized carbons (Fsp3) is 0.500. The molecule has 2 heterocycles. The van der Waals surface area contributed by atoms with Gasteiger partial charge >= 0.3 is 0 Å². The largest absolute Gasteiger partial charge is 0.497 e. The molecule has 0 atom stereocenters. The van der Waals surface area contributed by atoms with E-state index in [1.807, 2.05) is 18.2 Å². The van der Waals surface area contributed by atoms with E-state index in [2.05, 4.69) is 15.4 Å². The lowest BCUT2D eigenvalue weighted by molar-refractivity contribution is 0.0835. The Morgan fingerprint density at radius 1 is 1.38 bits per heavy atom. The average Bonchev–Trinajstić information content (AvgIpc) is 2.99. The number of hydrogen-bond donors (Lipinski definition) is 0. The van der Waals surface area contributed by atoms with Gasteiger partial charge in [0.1, 0.15) is 5.75 Å². The van der Waals surface area contributed by atoms with Crippen LogP contribution >= 0.6 is 11.6 Å². The highest BCUT2D eigenvalue weighted by molar-refractivity contribution is 6.31. The Bertz CT molecular complexity index is 611. The first-order valence-corrected chi connectivity index (χ1v) is 7.32. The van der Waals surface area contributed by atoms with Crippen molar-refractivity contribution in [1.29, 1.82) is 0 Å². The van der Waals surface area contributed by atoms with Crippen LogP contribution in [0.3, 0.4) is 0 Å². The zero-order valence-electron chi connectivity index (χ0n) is 11.8. The van der Waals surface area contributed by atoms with Crippen LogP contribution in [-0.2, 0) is 11.3 Å². The number of nitrogens with zero attached hydrogens (tertiary/aromatic N) is 4. The molecule has 0 saturated carbocycles. The second kappa shape index (κ2) is 6.41. The van der Waals surface area contributed by atoms with Gasteiger partial charge in [0, 0.05) is 24.2 Å². The maximum Gasteiger partial charge on any atom is 0.178 e. The Balaban J connectivity index is 1.74. The van der Waals surface area contributed by atoms with E-state index in [0.29, 0.717) is 17.5 Å². The quantitative estimate of drug-likeness (QED) is 0.867. The van der Waals surface area contributed by atoms with Gasteiger partial charge in [-0.15, -0.1) is 10.2 Å². The smallest absolute Gasteiger partial charge is 0.178 e. The summed E-state index contributed by atoms with van der Waals surface area (Å²) in [5.41, 5.74) is 0.909. The van der Waals surface area contributed by atoms with Gasteiger partial charge in [0.15, 0.2) is 5.82 Å². The molecule has 1 aliphatic heterocycles. The van der Waals surface area contributed by atoms with Crippen LogP contribution in [0.25, 0.3) is 0 Å². The number of halogens is 1. The summed E-state index contributed by atoms with van der Waals surface area (Å²) in [6, 6.07) is 5.53. The van der Waals surface area contributed by atoms with E-state index in [0.717, 1.165) is 43.2 Å². The third-order valence-electron chi connectivity index (χ3n) is 3.62. The van der Waals surface area contributed by atoms with Gasteiger partial charge in [-0.3, -0.25) is 0 Å². The molecule has 0 N–H and O–H groups in total. The molecule has 0 amide bonds. The van der Waals surface area contributed by atoms with Crippen molar-refractivity contribution < 1.29 is 9.47 Å². The Hall–Kier alpha value is -1.66. The van der Waals surface area contributed by atoms with Crippen LogP contribution in [0.1, 0.15) is 30.1 Å². The first-order valence-electron chi connectivity index (χ1n) is 6.94. The van der Waals surface area contributed by atoms with E-state index in [4.69, 9.17) is 21.1 Å². The molecule has 1 aliphatic rings. The van der Waals surface area contributed by atoms with Crippen molar-refractivity contribution in [1.82, 2.24) is 20.2 Å². The number of aromatic nitrogens is 4. The van der Waals surface area contributed by atoms with Crippen LogP contribution < -0.4 is 4.74 Å². The number of benzene rings is 1. The van der Waals surface area contributed by atoms with Crippen molar-refractivity contribution in [3.05, 3.63) is 34.6 Å². The molecule has 2 aromatic rings. The highest BCUT2D eigenvalue weighted by Gasteiger charge is 2.20. The number of rotatable bonds is 4. The highest BCUT2D eigenvalue weighted by atomic mass is 35.5. The minimum Gasteiger partial charge on any atom is -0.497 e. The van der Waals surface area contributed by atoms with Crippen LogP contribution in [0.5, 0.6) is 5.75 Å². The first-order chi connectivity index (χ1) is 10.3. The van der Waals surface area contributed by atoms with E-state index in [9.17, 15) is 0 Å². The lowest BCUT2D eigenvalue weighted by atomic mass is 10.00. The minimum absolute atomic E-state index is 0.341. The molecule has 6 nitrogen and oxygen atoms in total. The Morgan fingerprint density at radius 3 is 2.95 bits per heavy atom. The molecule has 1 aromatic carbocycles. The van der Waals surface area contributed by atoms with Gasteiger partial charge in [0.05, 0.1) is 13.7 Å². The van der Waals surface area contributed by atoms with Gasteiger partial charge in [0.25, 0.3) is 0 Å². The molecule has 1 aromatic heterocycles. The Labute approximate surface area is 128 Å². The minimum atomic E-state index is 0.341. The normalized spacial score (nSPS) is 16.1. The maximum absolute atomic E-state index is 6.20. The third-order valence-corrected chi connectivity index (χ3v) is 3.99. The molecule has 1 fully saturated rings. The molecule has 3 rings (SSSR count). The lowest BCUT2D eigenvalue weighted by Gasteiger charge is -2.18. The van der Waals surface area contributed by atoms with E-state index in [1.165, 1.54) is 0 Å². The maximum atomic E-state index is 6.20. The second-order valence-electron chi connectivity index (χ2n) is 5.02. The van der Waals surface area contributed by atoms with Crippen molar-refractivity contribution in [2.75, 3.05) is 20.3 Å². The fourth-order valence-corrected chi connectivity index (χ4v) is 2.57. The van der Waals surface area contributed by atoms with Gasteiger partial charge in [-0.1, -0.05) is 11.6 Å². The molecular formula is C14H17ClN4O2. The van der Waals surface area contributed by atoms with Crippen molar-refractivity contribution in [2.24, 2.45) is 0 Å². The molecule has 21 heavy (non-hydrogen) atoms. The third kappa shape index (κ3) is 3.33. The predicted molar refractivity (Wildman–Crippen MR) is 77.7 cm³/mol.